The molecule has 1 aromatic heterocycles. The number of rotatable bonds is 1. The highest BCUT2D eigenvalue weighted by molar-refractivity contribution is 6.02. The minimum absolute atomic E-state index is 0.753. The first-order valence-corrected chi connectivity index (χ1v) is 3.84. The fourth-order valence-corrected chi connectivity index (χ4v) is 1.19. The molecule has 0 amide bonds. The third-order valence-corrected chi connectivity index (χ3v) is 1.79. The van der Waals surface area contributed by atoms with Gasteiger partial charge in [-0.1, -0.05) is 0 Å². The number of aliphatic imine (C=N–C) groups is 1. The lowest BCUT2D eigenvalue weighted by Crippen LogP contribution is -1.89. The van der Waals surface area contributed by atoms with Crippen LogP contribution in [0.2, 0.25) is 0 Å². The zero-order valence-corrected chi connectivity index (χ0v) is 6.86. The van der Waals surface area contributed by atoms with Crippen molar-refractivity contribution in [3.8, 4) is 0 Å². The first kappa shape index (κ1) is 7.16. The number of hydrogen-bond acceptors (Lipinski definition) is 3. The Morgan fingerprint density at radius 3 is 2.92 bits per heavy atom. The van der Waals surface area contributed by atoms with Crippen LogP contribution in [-0.2, 0) is 0 Å². The number of hydrogen-bond donors (Lipinski definition) is 0. The third kappa shape index (κ3) is 1.25. The molecule has 3 heteroatoms. The Bertz CT molecular complexity index is 338. The van der Waals surface area contributed by atoms with Crippen molar-refractivity contribution in [3.63, 3.8) is 0 Å². The predicted molar refractivity (Wildman–Crippen MR) is 48.0 cm³/mol. The van der Waals surface area contributed by atoms with Crippen molar-refractivity contribution in [2.45, 2.75) is 6.92 Å². The van der Waals surface area contributed by atoms with Crippen LogP contribution >= 0.6 is 0 Å². The van der Waals surface area contributed by atoms with E-state index in [0.717, 1.165) is 18.0 Å². The van der Waals surface area contributed by atoms with Gasteiger partial charge in [-0.25, -0.2) is 9.97 Å². The standard InChI is InChI=1S/C9H9N3/c1-7-4-8(5-11-7)9-2-3-10-6-12-9/h2-4,6H,5H2,1H3. The van der Waals surface area contributed by atoms with Crippen molar-refractivity contribution in [1.82, 2.24) is 9.97 Å². The summed E-state index contributed by atoms with van der Waals surface area (Å²) in [4.78, 5) is 12.3. The van der Waals surface area contributed by atoms with E-state index in [2.05, 4.69) is 21.0 Å². The zero-order chi connectivity index (χ0) is 8.39. The van der Waals surface area contributed by atoms with E-state index >= 15 is 0 Å². The lowest BCUT2D eigenvalue weighted by Gasteiger charge is -1.96. The molecule has 0 bridgehead atoms. The summed E-state index contributed by atoms with van der Waals surface area (Å²) in [6.07, 6.45) is 5.36. The molecule has 0 spiro atoms. The smallest absolute Gasteiger partial charge is 0.116 e. The molecule has 1 aromatic rings. The van der Waals surface area contributed by atoms with Gasteiger partial charge in [-0.3, -0.25) is 4.99 Å². The van der Waals surface area contributed by atoms with Gasteiger partial charge in [-0.15, -0.1) is 0 Å². The van der Waals surface area contributed by atoms with Gasteiger partial charge in [0.15, 0.2) is 0 Å². The average molecular weight is 159 g/mol. The second-order valence-electron chi connectivity index (χ2n) is 2.72. The highest BCUT2D eigenvalue weighted by Crippen LogP contribution is 2.15. The Hall–Kier alpha value is -1.51. The fourth-order valence-electron chi connectivity index (χ4n) is 1.19. The highest BCUT2D eigenvalue weighted by Gasteiger charge is 2.07. The molecule has 60 valence electrons. The van der Waals surface area contributed by atoms with Gasteiger partial charge in [0, 0.05) is 17.5 Å². The van der Waals surface area contributed by atoms with Gasteiger partial charge >= 0.3 is 0 Å². The van der Waals surface area contributed by atoms with E-state index in [1.807, 2.05) is 13.0 Å². The highest BCUT2D eigenvalue weighted by atomic mass is 14.8. The van der Waals surface area contributed by atoms with Crippen LogP contribution in [0, 0.1) is 0 Å². The molecule has 0 saturated heterocycles. The fraction of sp³-hybridized carbons (Fsp3) is 0.222. The summed E-state index contributed by atoms with van der Waals surface area (Å²) in [7, 11) is 0. The number of allylic oxidation sites excluding steroid dienone is 1. The molecule has 0 radical (unpaired) electrons. The summed E-state index contributed by atoms with van der Waals surface area (Å²) in [6.45, 7) is 2.75. The Morgan fingerprint density at radius 1 is 1.42 bits per heavy atom. The van der Waals surface area contributed by atoms with E-state index in [-0.39, 0.29) is 0 Å². The third-order valence-electron chi connectivity index (χ3n) is 1.79. The minimum Gasteiger partial charge on any atom is -0.285 e. The van der Waals surface area contributed by atoms with E-state index in [1.54, 1.807) is 12.5 Å². The van der Waals surface area contributed by atoms with Gasteiger partial charge < -0.3 is 0 Å². The van der Waals surface area contributed by atoms with E-state index in [4.69, 9.17) is 0 Å². The Labute approximate surface area is 70.9 Å². The van der Waals surface area contributed by atoms with Gasteiger partial charge in [0.2, 0.25) is 0 Å². The summed E-state index contributed by atoms with van der Waals surface area (Å²) in [5, 5.41) is 0. The maximum atomic E-state index is 4.26. The molecule has 0 saturated carbocycles. The molecule has 2 rings (SSSR count). The molecule has 2 heterocycles. The van der Waals surface area contributed by atoms with E-state index < -0.39 is 0 Å². The first-order valence-electron chi connectivity index (χ1n) is 3.84. The molecule has 3 nitrogen and oxygen atoms in total. The van der Waals surface area contributed by atoms with Crippen LogP contribution in [0.1, 0.15) is 12.6 Å². The van der Waals surface area contributed by atoms with Crippen LogP contribution in [-0.4, -0.2) is 22.2 Å². The molecular formula is C9H9N3. The minimum atomic E-state index is 0.753. The topological polar surface area (TPSA) is 38.1 Å². The van der Waals surface area contributed by atoms with Crippen molar-refractivity contribution in [1.29, 1.82) is 0 Å². The van der Waals surface area contributed by atoms with E-state index in [1.165, 1.54) is 5.57 Å². The van der Waals surface area contributed by atoms with Crippen molar-refractivity contribution < 1.29 is 0 Å². The van der Waals surface area contributed by atoms with Crippen molar-refractivity contribution in [2.24, 2.45) is 4.99 Å². The van der Waals surface area contributed by atoms with Gasteiger partial charge in [-0.05, 0) is 19.1 Å². The van der Waals surface area contributed by atoms with E-state index in [9.17, 15) is 0 Å². The van der Waals surface area contributed by atoms with Crippen molar-refractivity contribution in [3.05, 3.63) is 30.4 Å². The van der Waals surface area contributed by atoms with Gasteiger partial charge in [-0.2, -0.15) is 0 Å². The number of nitrogens with zero attached hydrogens (tertiary/aromatic N) is 3. The van der Waals surface area contributed by atoms with Gasteiger partial charge in [0.05, 0.1) is 12.2 Å². The normalized spacial score (nSPS) is 15.8. The summed E-state index contributed by atoms with van der Waals surface area (Å²) < 4.78 is 0. The molecule has 0 fully saturated rings. The van der Waals surface area contributed by atoms with Crippen LogP contribution < -0.4 is 0 Å². The molecule has 0 N–H and O–H groups in total. The zero-order valence-electron chi connectivity index (χ0n) is 6.86. The van der Waals surface area contributed by atoms with Crippen LogP contribution in [0.3, 0.4) is 0 Å². The van der Waals surface area contributed by atoms with Crippen LogP contribution in [0.5, 0.6) is 0 Å². The maximum Gasteiger partial charge on any atom is 0.116 e. The van der Waals surface area contributed by atoms with Crippen LogP contribution in [0.4, 0.5) is 0 Å². The molecule has 1 aliphatic rings. The Kier molecular flexibility index (Phi) is 1.70. The molecule has 0 aromatic carbocycles. The Morgan fingerprint density at radius 2 is 2.33 bits per heavy atom. The second-order valence-corrected chi connectivity index (χ2v) is 2.72. The largest absolute Gasteiger partial charge is 0.285 e. The van der Waals surface area contributed by atoms with Crippen molar-refractivity contribution in [2.75, 3.05) is 6.54 Å². The summed E-state index contributed by atoms with van der Waals surface area (Å²) in [5.74, 6) is 0. The second kappa shape index (κ2) is 2.85. The molecular weight excluding hydrogens is 150 g/mol. The summed E-state index contributed by atoms with van der Waals surface area (Å²) in [6, 6.07) is 1.90. The number of aromatic nitrogens is 2. The van der Waals surface area contributed by atoms with E-state index in [0.29, 0.717) is 0 Å². The molecule has 0 aliphatic carbocycles. The maximum absolute atomic E-state index is 4.26. The molecule has 1 aliphatic heterocycles. The van der Waals surface area contributed by atoms with Crippen LogP contribution in [0.25, 0.3) is 5.57 Å². The van der Waals surface area contributed by atoms with Crippen LogP contribution in [0.15, 0.2) is 29.7 Å². The SMILES string of the molecule is CC1=NCC(c2ccncn2)=C1. The summed E-state index contributed by atoms with van der Waals surface area (Å²) >= 11 is 0. The first-order chi connectivity index (χ1) is 5.86. The van der Waals surface area contributed by atoms with Crippen molar-refractivity contribution >= 4 is 11.3 Å². The molecule has 0 atom stereocenters. The van der Waals surface area contributed by atoms with Gasteiger partial charge in [0.25, 0.3) is 0 Å². The lowest BCUT2D eigenvalue weighted by atomic mass is 10.2. The summed E-state index contributed by atoms with van der Waals surface area (Å²) in [5.41, 5.74) is 3.23. The lowest BCUT2D eigenvalue weighted by molar-refractivity contribution is 1.13. The predicted octanol–water partition coefficient (Wildman–Crippen LogP) is 1.33. The molecule has 12 heavy (non-hydrogen) atoms. The monoisotopic (exact) mass is 159 g/mol. The molecule has 0 unspecified atom stereocenters. The quantitative estimate of drug-likeness (QED) is 0.620. The van der Waals surface area contributed by atoms with Gasteiger partial charge in [0.1, 0.15) is 6.33 Å². The Balaban J connectivity index is 2.30. The average Bonchev–Trinajstić information content (AvgIpc) is 2.54.